The van der Waals surface area contributed by atoms with E-state index in [-0.39, 0.29) is 29.6 Å². The van der Waals surface area contributed by atoms with E-state index in [1.807, 2.05) is 27.7 Å². The Bertz CT molecular complexity index is 301. The number of hydrogen-bond donors (Lipinski definition) is 3. The third-order valence-electron chi connectivity index (χ3n) is 3.51. The van der Waals surface area contributed by atoms with Crippen molar-refractivity contribution >= 4 is 11.9 Å². The lowest BCUT2D eigenvalue weighted by Gasteiger charge is -2.25. The third-order valence-corrected chi connectivity index (χ3v) is 3.51. The summed E-state index contributed by atoms with van der Waals surface area (Å²) >= 11 is 0. The van der Waals surface area contributed by atoms with E-state index in [1.165, 1.54) is 0 Å². The van der Waals surface area contributed by atoms with Crippen molar-refractivity contribution in [1.29, 1.82) is 0 Å². The fourth-order valence-corrected chi connectivity index (χ4v) is 1.91. The smallest absolute Gasteiger partial charge is 0.303 e. The number of carboxylic acids is 1. The van der Waals surface area contributed by atoms with Crippen molar-refractivity contribution in [3.63, 3.8) is 0 Å². The summed E-state index contributed by atoms with van der Waals surface area (Å²) in [7, 11) is 0. The second kappa shape index (κ2) is 8.15. The van der Waals surface area contributed by atoms with Crippen molar-refractivity contribution in [2.75, 3.05) is 13.1 Å². The summed E-state index contributed by atoms with van der Waals surface area (Å²) < 4.78 is 0. The first-order valence-corrected chi connectivity index (χ1v) is 6.89. The molecule has 0 aromatic carbocycles. The van der Waals surface area contributed by atoms with Crippen molar-refractivity contribution in [3.8, 4) is 0 Å². The summed E-state index contributed by atoms with van der Waals surface area (Å²) in [4.78, 5) is 22.4. The number of aliphatic carboxylic acids is 1. The summed E-state index contributed by atoms with van der Waals surface area (Å²) in [6.45, 7) is 8.91. The van der Waals surface area contributed by atoms with Gasteiger partial charge in [0.1, 0.15) is 0 Å². The fourth-order valence-electron chi connectivity index (χ4n) is 1.91. The second-order valence-electron chi connectivity index (χ2n) is 6.19. The van der Waals surface area contributed by atoms with Crippen molar-refractivity contribution < 1.29 is 14.7 Å². The van der Waals surface area contributed by atoms with Gasteiger partial charge in [-0.15, -0.1) is 0 Å². The van der Waals surface area contributed by atoms with Crippen LogP contribution in [0.5, 0.6) is 0 Å². The number of hydrogen-bond acceptors (Lipinski definition) is 3. The summed E-state index contributed by atoms with van der Waals surface area (Å²) in [6.07, 6.45) is 1.54. The maximum Gasteiger partial charge on any atom is 0.303 e. The van der Waals surface area contributed by atoms with Crippen LogP contribution in [0.15, 0.2) is 0 Å². The van der Waals surface area contributed by atoms with Crippen LogP contribution < -0.4 is 11.1 Å². The molecule has 0 bridgehead atoms. The van der Waals surface area contributed by atoms with Crippen LogP contribution >= 0.6 is 0 Å². The van der Waals surface area contributed by atoms with E-state index >= 15 is 0 Å². The van der Waals surface area contributed by atoms with E-state index in [9.17, 15) is 9.59 Å². The van der Waals surface area contributed by atoms with Gasteiger partial charge in [0.25, 0.3) is 0 Å². The van der Waals surface area contributed by atoms with Crippen LogP contribution in [-0.2, 0) is 9.59 Å². The van der Waals surface area contributed by atoms with Gasteiger partial charge in [0, 0.05) is 19.5 Å². The highest BCUT2D eigenvalue weighted by molar-refractivity contribution is 5.79. The molecule has 0 saturated carbocycles. The van der Waals surface area contributed by atoms with E-state index in [0.717, 1.165) is 6.42 Å². The van der Waals surface area contributed by atoms with Crippen LogP contribution in [0.2, 0.25) is 0 Å². The summed E-state index contributed by atoms with van der Waals surface area (Å²) in [5.74, 6) is -0.709. The lowest BCUT2D eigenvalue weighted by Crippen LogP contribution is -2.39. The van der Waals surface area contributed by atoms with Gasteiger partial charge >= 0.3 is 5.97 Å². The SMILES string of the molecule is CC(C)C(CN)C(=O)NCCC(C)(C)CCC(=O)O. The lowest BCUT2D eigenvalue weighted by molar-refractivity contribution is -0.137. The average Bonchev–Trinajstić information content (AvgIpc) is 2.26. The van der Waals surface area contributed by atoms with Gasteiger partial charge in [-0.3, -0.25) is 9.59 Å². The number of rotatable bonds is 9. The van der Waals surface area contributed by atoms with Gasteiger partial charge in [-0.2, -0.15) is 0 Å². The molecular weight excluding hydrogens is 244 g/mol. The van der Waals surface area contributed by atoms with Crippen molar-refractivity contribution in [2.24, 2.45) is 23.0 Å². The minimum absolute atomic E-state index is 0.00784. The number of carbonyl (C=O) groups is 2. The first kappa shape index (κ1) is 17.9. The Balaban J connectivity index is 4.07. The van der Waals surface area contributed by atoms with Gasteiger partial charge < -0.3 is 16.2 Å². The van der Waals surface area contributed by atoms with Gasteiger partial charge in [0.05, 0.1) is 5.92 Å². The van der Waals surface area contributed by atoms with E-state index in [1.54, 1.807) is 0 Å². The Morgan fingerprint density at radius 1 is 1.26 bits per heavy atom. The minimum atomic E-state index is -0.778. The molecule has 4 N–H and O–H groups in total. The largest absolute Gasteiger partial charge is 0.481 e. The molecule has 0 radical (unpaired) electrons. The van der Waals surface area contributed by atoms with Gasteiger partial charge in [-0.05, 0) is 24.2 Å². The molecule has 19 heavy (non-hydrogen) atoms. The first-order chi connectivity index (χ1) is 8.69. The molecule has 5 heteroatoms. The predicted molar refractivity (Wildman–Crippen MR) is 75.7 cm³/mol. The highest BCUT2D eigenvalue weighted by atomic mass is 16.4. The summed E-state index contributed by atoms with van der Waals surface area (Å²) in [5.41, 5.74) is 5.51. The molecular formula is C14H28N2O3. The molecule has 0 saturated heterocycles. The predicted octanol–water partition coefficient (Wildman–Crippen LogP) is 1.61. The van der Waals surface area contributed by atoms with Crippen LogP contribution in [0.1, 0.15) is 47.0 Å². The van der Waals surface area contributed by atoms with Crippen LogP contribution in [0, 0.1) is 17.3 Å². The number of nitrogens with one attached hydrogen (secondary N) is 1. The molecule has 0 aliphatic rings. The zero-order valence-corrected chi connectivity index (χ0v) is 12.5. The highest BCUT2D eigenvalue weighted by Crippen LogP contribution is 2.26. The summed E-state index contributed by atoms with van der Waals surface area (Å²) in [6, 6.07) is 0. The standard InChI is InChI=1S/C14H28N2O3/c1-10(2)11(9-15)13(19)16-8-7-14(3,4)6-5-12(17)18/h10-11H,5-9,15H2,1-4H3,(H,16,19)(H,17,18). The minimum Gasteiger partial charge on any atom is -0.481 e. The molecule has 0 aromatic rings. The fraction of sp³-hybridized carbons (Fsp3) is 0.857. The molecule has 1 unspecified atom stereocenters. The number of nitrogens with two attached hydrogens (primary N) is 1. The molecule has 5 nitrogen and oxygen atoms in total. The highest BCUT2D eigenvalue weighted by Gasteiger charge is 2.22. The zero-order valence-electron chi connectivity index (χ0n) is 12.5. The van der Waals surface area contributed by atoms with Crippen LogP contribution in [0.25, 0.3) is 0 Å². The molecule has 1 amide bonds. The third kappa shape index (κ3) is 7.82. The lowest BCUT2D eigenvalue weighted by atomic mass is 9.84. The molecule has 112 valence electrons. The van der Waals surface area contributed by atoms with Gasteiger partial charge in [0.2, 0.25) is 5.91 Å². The molecule has 0 aromatic heterocycles. The topological polar surface area (TPSA) is 92.4 Å². The van der Waals surface area contributed by atoms with E-state index in [4.69, 9.17) is 10.8 Å². The monoisotopic (exact) mass is 272 g/mol. The Labute approximate surface area is 115 Å². The van der Waals surface area contributed by atoms with E-state index in [0.29, 0.717) is 19.5 Å². The van der Waals surface area contributed by atoms with Crippen LogP contribution in [0.4, 0.5) is 0 Å². The molecule has 0 aliphatic heterocycles. The van der Waals surface area contributed by atoms with Gasteiger partial charge in [-0.25, -0.2) is 0 Å². The van der Waals surface area contributed by atoms with Gasteiger partial charge in [-0.1, -0.05) is 27.7 Å². The quantitative estimate of drug-likeness (QED) is 0.594. The van der Waals surface area contributed by atoms with Crippen LogP contribution in [-0.4, -0.2) is 30.1 Å². The molecule has 0 heterocycles. The van der Waals surface area contributed by atoms with Crippen molar-refractivity contribution in [3.05, 3.63) is 0 Å². The van der Waals surface area contributed by atoms with Crippen LogP contribution in [0.3, 0.4) is 0 Å². The first-order valence-electron chi connectivity index (χ1n) is 6.89. The number of carbonyl (C=O) groups excluding carboxylic acids is 1. The Kier molecular flexibility index (Phi) is 7.68. The van der Waals surface area contributed by atoms with Gasteiger partial charge in [0.15, 0.2) is 0 Å². The van der Waals surface area contributed by atoms with Crippen molar-refractivity contribution in [2.45, 2.75) is 47.0 Å². The number of amides is 1. The molecule has 0 aliphatic carbocycles. The average molecular weight is 272 g/mol. The van der Waals surface area contributed by atoms with Crippen molar-refractivity contribution in [1.82, 2.24) is 5.32 Å². The molecule has 1 atom stereocenters. The normalized spacial score (nSPS) is 13.4. The zero-order chi connectivity index (χ0) is 15.1. The molecule has 0 fully saturated rings. The maximum absolute atomic E-state index is 11.9. The molecule has 0 rings (SSSR count). The second-order valence-corrected chi connectivity index (χ2v) is 6.19. The van der Waals surface area contributed by atoms with E-state index < -0.39 is 5.97 Å². The Hall–Kier alpha value is -1.10. The Morgan fingerprint density at radius 2 is 1.84 bits per heavy atom. The number of carboxylic acid groups (broad SMARTS) is 1. The summed E-state index contributed by atoms with van der Waals surface area (Å²) in [5, 5.41) is 11.6. The maximum atomic E-state index is 11.9. The molecule has 0 spiro atoms. The Morgan fingerprint density at radius 3 is 2.26 bits per heavy atom. The van der Waals surface area contributed by atoms with E-state index in [2.05, 4.69) is 5.32 Å².